The Morgan fingerprint density at radius 2 is 1.64 bits per heavy atom. The van der Waals surface area contributed by atoms with E-state index in [0.717, 1.165) is 5.56 Å². The lowest BCUT2D eigenvalue weighted by Crippen LogP contribution is -2.43. The van der Waals surface area contributed by atoms with Crippen LogP contribution < -0.4 is 20.8 Å². The smallest absolute Gasteiger partial charge is 0.407 e. The second-order valence-corrected chi connectivity index (χ2v) is 9.39. The number of ether oxygens (including phenoxy) is 2. The Kier molecular flexibility index (Phi) is 10.1. The molecule has 2 amide bonds. The molecule has 11 heteroatoms. The minimum absolute atomic E-state index is 0.0311. The summed E-state index contributed by atoms with van der Waals surface area (Å²) in [6.07, 6.45) is 0.447. The first-order valence-electron chi connectivity index (χ1n) is 13.3. The topological polar surface area (TPSA) is 164 Å². The fraction of sp³-hybridized carbons (Fsp3) is 0.226. The predicted octanol–water partition coefficient (Wildman–Crippen LogP) is 4.21. The van der Waals surface area contributed by atoms with Crippen LogP contribution in [0.5, 0.6) is 11.5 Å². The van der Waals surface area contributed by atoms with Gasteiger partial charge < -0.3 is 34.7 Å². The molecule has 11 nitrogen and oxygen atoms in total. The molecule has 0 aliphatic carbocycles. The molecule has 218 valence electrons. The number of rotatable bonds is 13. The Bertz CT molecular complexity index is 1590. The maximum atomic E-state index is 12.6. The summed E-state index contributed by atoms with van der Waals surface area (Å²) < 4.78 is 16.4. The highest BCUT2D eigenvalue weighted by atomic mass is 16.5. The van der Waals surface area contributed by atoms with Crippen molar-refractivity contribution >= 4 is 28.9 Å². The van der Waals surface area contributed by atoms with Gasteiger partial charge in [0.25, 0.3) is 5.91 Å². The van der Waals surface area contributed by atoms with Crippen molar-refractivity contribution in [2.75, 3.05) is 13.2 Å². The van der Waals surface area contributed by atoms with E-state index in [9.17, 15) is 29.4 Å². The second kappa shape index (κ2) is 14.4. The molecule has 0 saturated heterocycles. The third-order valence-corrected chi connectivity index (χ3v) is 6.25. The number of fused-ring (bicyclic) bond motifs is 1. The van der Waals surface area contributed by atoms with Gasteiger partial charge in [-0.2, -0.15) is 0 Å². The fourth-order valence-electron chi connectivity index (χ4n) is 4.15. The van der Waals surface area contributed by atoms with Gasteiger partial charge >= 0.3 is 12.1 Å². The Morgan fingerprint density at radius 3 is 2.36 bits per heavy atom. The number of aliphatic carboxylic acids is 1. The van der Waals surface area contributed by atoms with Crippen molar-refractivity contribution in [3.63, 3.8) is 0 Å². The van der Waals surface area contributed by atoms with Gasteiger partial charge in [-0.1, -0.05) is 60.7 Å². The number of phenolic OH excluding ortho intramolecular Hbond substituents is 1. The van der Waals surface area contributed by atoms with Crippen LogP contribution in [0.4, 0.5) is 4.79 Å². The van der Waals surface area contributed by atoms with Crippen LogP contribution in [0, 0.1) is 0 Å². The van der Waals surface area contributed by atoms with Gasteiger partial charge in [0.1, 0.15) is 40.9 Å². The van der Waals surface area contributed by atoms with E-state index in [-0.39, 0.29) is 42.0 Å². The summed E-state index contributed by atoms with van der Waals surface area (Å²) in [5.41, 5.74) is 1.15. The number of hydrogen-bond acceptors (Lipinski definition) is 8. The van der Waals surface area contributed by atoms with Crippen molar-refractivity contribution in [2.24, 2.45) is 0 Å². The highest BCUT2D eigenvalue weighted by Gasteiger charge is 2.20. The van der Waals surface area contributed by atoms with Gasteiger partial charge in [-0.05, 0) is 24.8 Å². The molecule has 3 aromatic carbocycles. The number of aromatic hydroxyl groups is 1. The molecule has 4 N–H and O–H groups in total. The molecule has 1 aromatic heterocycles. The molecule has 0 aliphatic rings. The number of phenols is 1. The van der Waals surface area contributed by atoms with E-state index >= 15 is 0 Å². The van der Waals surface area contributed by atoms with Crippen LogP contribution in [0.25, 0.3) is 22.3 Å². The van der Waals surface area contributed by atoms with E-state index in [2.05, 4.69) is 10.6 Å². The van der Waals surface area contributed by atoms with Crippen LogP contribution in [0.15, 0.2) is 88.1 Å². The van der Waals surface area contributed by atoms with Crippen LogP contribution >= 0.6 is 0 Å². The van der Waals surface area contributed by atoms with Crippen molar-refractivity contribution < 1.29 is 38.5 Å². The largest absolute Gasteiger partial charge is 0.507 e. The molecule has 4 aromatic rings. The van der Waals surface area contributed by atoms with Gasteiger partial charge in [0, 0.05) is 30.3 Å². The van der Waals surface area contributed by atoms with Crippen LogP contribution in [0.3, 0.4) is 0 Å². The van der Waals surface area contributed by atoms with Gasteiger partial charge in [0.15, 0.2) is 12.0 Å². The predicted molar refractivity (Wildman–Crippen MR) is 153 cm³/mol. The number of carbonyl (C=O) groups is 3. The molecule has 1 atom stereocenters. The summed E-state index contributed by atoms with van der Waals surface area (Å²) in [6.45, 7) is -0.111. The normalized spacial score (nSPS) is 11.4. The van der Waals surface area contributed by atoms with Gasteiger partial charge in [-0.3, -0.25) is 9.59 Å². The quantitative estimate of drug-likeness (QED) is 0.171. The zero-order chi connectivity index (χ0) is 29.9. The van der Waals surface area contributed by atoms with Crippen LogP contribution in [-0.2, 0) is 20.9 Å². The van der Waals surface area contributed by atoms with E-state index in [1.165, 1.54) is 18.2 Å². The van der Waals surface area contributed by atoms with E-state index in [1.807, 2.05) is 36.4 Å². The van der Waals surface area contributed by atoms with Crippen molar-refractivity contribution in [3.05, 3.63) is 94.6 Å². The van der Waals surface area contributed by atoms with Crippen molar-refractivity contribution in [2.45, 2.75) is 31.9 Å². The number of unbranched alkanes of at least 4 members (excludes halogenated alkanes) is 1. The lowest BCUT2D eigenvalue weighted by atomic mass is 10.1. The zero-order valence-electron chi connectivity index (χ0n) is 22.6. The molecule has 0 bridgehead atoms. The maximum absolute atomic E-state index is 12.6. The van der Waals surface area contributed by atoms with Crippen LogP contribution in [-0.4, -0.2) is 47.4 Å². The number of hydrogen-bond donors (Lipinski definition) is 4. The average Bonchev–Trinajstić information content (AvgIpc) is 2.98. The summed E-state index contributed by atoms with van der Waals surface area (Å²) in [7, 11) is 0. The molecular formula is C31H30N2O9. The van der Waals surface area contributed by atoms with Crippen molar-refractivity contribution in [1.29, 1.82) is 0 Å². The Labute approximate surface area is 240 Å². The highest BCUT2D eigenvalue weighted by Crippen LogP contribution is 2.31. The molecule has 0 radical (unpaired) electrons. The van der Waals surface area contributed by atoms with Crippen molar-refractivity contribution in [1.82, 2.24) is 10.6 Å². The molecule has 0 saturated carbocycles. The number of amides is 2. The molecule has 0 fully saturated rings. The zero-order valence-corrected chi connectivity index (χ0v) is 22.6. The maximum Gasteiger partial charge on any atom is 0.407 e. The standard InChI is InChI=1S/C31H30N2O9/c34-24-15-22(16-27-29(24)25(35)17-26(42-27)21-11-5-2-6-12-21)40-19-28(36)33-23(30(37)38)13-7-8-14-32-31(39)41-18-20-9-3-1-4-10-20/h1-6,9-12,15-17,23,34H,7-8,13-14,18-19H2,(H,32,39)(H,33,36)(H,37,38)/t23-/m0/s1. The molecule has 1 heterocycles. The van der Waals surface area contributed by atoms with E-state index in [0.29, 0.717) is 24.2 Å². The lowest BCUT2D eigenvalue weighted by Gasteiger charge is -2.15. The molecule has 0 spiro atoms. The fourth-order valence-corrected chi connectivity index (χ4v) is 4.15. The number of carboxylic acid groups (broad SMARTS) is 1. The minimum Gasteiger partial charge on any atom is -0.507 e. The summed E-state index contributed by atoms with van der Waals surface area (Å²) in [4.78, 5) is 48.5. The highest BCUT2D eigenvalue weighted by molar-refractivity contribution is 5.87. The molecular weight excluding hydrogens is 544 g/mol. The molecule has 4 rings (SSSR count). The van der Waals surface area contributed by atoms with E-state index in [4.69, 9.17) is 13.9 Å². The van der Waals surface area contributed by atoms with Gasteiger partial charge in [-0.25, -0.2) is 9.59 Å². The summed E-state index contributed by atoms with van der Waals surface area (Å²) in [5.74, 6) is -1.93. The first-order valence-corrected chi connectivity index (χ1v) is 13.3. The van der Waals surface area contributed by atoms with Gasteiger partial charge in [0.2, 0.25) is 0 Å². The lowest BCUT2D eigenvalue weighted by molar-refractivity contribution is -0.142. The van der Waals surface area contributed by atoms with Gasteiger partial charge in [0.05, 0.1) is 0 Å². The SMILES string of the molecule is O=C(COc1cc(O)c2c(=O)cc(-c3ccccc3)oc2c1)N[C@@H](CCCCNC(=O)OCc1ccccc1)C(=O)O. The van der Waals surface area contributed by atoms with Crippen LogP contribution in [0.1, 0.15) is 24.8 Å². The summed E-state index contributed by atoms with van der Waals surface area (Å²) in [5, 5.41) is 24.9. The molecule has 0 unspecified atom stereocenters. The number of alkyl carbamates (subject to hydrolysis) is 1. The van der Waals surface area contributed by atoms with Crippen molar-refractivity contribution in [3.8, 4) is 22.8 Å². The number of carbonyl (C=O) groups excluding carboxylic acids is 2. The second-order valence-electron chi connectivity index (χ2n) is 9.39. The third kappa shape index (κ3) is 8.34. The Morgan fingerprint density at radius 1 is 0.929 bits per heavy atom. The van der Waals surface area contributed by atoms with E-state index < -0.39 is 36.0 Å². The number of benzene rings is 3. The Hall–Kier alpha value is -5.32. The van der Waals surface area contributed by atoms with Crippen LogP contribution in [0.2, 0.25) is 0 Å². The first-order chi connectivity index (χ1) is 20.3. The third-order valence-electron chi connectivity index (χ3n) is 6.25. The van der Waals surface area contributed by atoms with E-state index in [1.54, 1.807) is 24.3 Å². The molecule has 0 aliphatic heterocycles. The monoisotopic (exact) mass is 574 g/mol. The first kappa shape index (κ1) is 29.7. The number of nitrogens with one attached hydrogen (secondary N) is 2. The molecule has 42 heavy (non-hydrogen) atoms. The summed E-state index contributed by atoms with van der Waals surface area (Å²) in [6, 6.07) is 20.9. The average molecular weight is 575 g/mol. The van der Waals surface area contributed by atoms with Gasteiger partial charge in [-0.15, -0.1) is 0 Å². The summed E-state index contributed by atoms with van der Waals surface area (Å²) >= 11 is 0. The number of carboxylic acids is 1. The Balaban J connectivity index is 1.24. The minimum atomic E-state index is -1.21.